The number of para-hydroxylation sites is 2. The number of carbonyl (C=O) groups excluding carboxylic acids is 1. The molecule has 1 saturated heterocycles. The molecule has 0 unspecified atom stereocenters. The van der Waals surface area contributed by atoms with Crippen LogP contribution in [0.25, 0.3) is 0 Å². The maximum atomic E-state index is 12.1. The Morgan fingerprint density at radius 3 is 2.89 bits per heavy atom. The van der Waals surface area contributed by atoms with Gasteiger partial charge in [0.25, 0.3) is 0 Å². The Bertz CT molecular complexity index is 507. The van der Waals surface area contributed by atoms with Crippen LogP contribution in [0.2, 0.25) is 0 Å². The SMILES string of the molecule is O=C(/C=C1/COc2ccccc2N1)N1CCOCC1. The number of hydrogen-bond donors (Lipinski definition) is 1. The molecular weight excluding hydrogens is 244 g/mol. The molecule has 0 aliphatic carbocycles. The lowest BCUT2D eigenvalue weighted by Gasteiger charge is -2.27. The third kappa shape index (κ3) is 2.71. The van der Waals surface area contributed by atoms with E-state index in [1.807, 2.05) is 24.3 Å². The highest BCUT2D eigenvalue weighted by Crippen LogP contribution is 2.29. The van der Waals surface area contributed by atoms with E-state index in [9.17, 15) is 4.79 Å². The lowest BCUT2D eigenvalue weighted by Crippen LogP contribution is -2.40. The van der Waals surface area contributed by atoms with E-state index in [2.05, 4.69) is 5.32 Å². The topological polar surface area (TPSA) is 50.8 Å². The van der Waals surface area contributed by atoms with Gasteiger partial charge in [-0.2, -0.15) is 0 Å². The van der Waals surface area contributed by atoms with E-state index in [-0.39, 0.29) is 5.91 Å². The zero-order valence-electron chi connectivity index (χ0n) is 10.6. The predicted octanol–water partition coefficient (Wildman–Crippen LogP) is 1.23. The molecule has 0 spiro atoms. The van der Waals surface area contributed by atoms with Crippen LogP contribution < -0.4 is 10.1 Å². The molecule has 19 heavy (non-hydrogen) atoms. The van der Waals surface area contributed by atoms with Gasteiger partial charge in [0.05, 0.1) is 24.6 Å². The molecule has 1 amide bonds. The molecule has 1 N–H and O–H groups in total. The molecule has 0 saturated carbocycles. The quantitative estimate of drug-likeness (QED) is 0.772. The van der Waals surface area contributed by atoms with E-state index in [0.717, 1.165) is 17.1 Å². The maximum Gasteiger partial charge on any atom is 0.248 e. The standard InChI is InChI=1S/C14H16N2O3/c17-14(16-5-7-18-8-6-16)9-11-10-19-13-4-2-1-3-12(13)15-11/h1-4,9,15H,5-8,10H2/b11-9-. The molecule has 0 radical (unpaired) electrons. The molecule has 0 atom stereocenters. The summed E-state index contributed by atoms with van der Waals surface area (Å²) in [7, 11) is 0. The van der Waals surface area contributed by atoms with E-state index >= 15 is 0 Å². The fourth-order valence-electron chi connectivity index (χ4n) is 2.16. The monoisotopic (exact) mass is 260 g/mol. The summed E-state index contributed by atoms with van der Waals surface area (Å²) >= 11 is 0. The van der Waals surface area contributed by atoms with Crippen molar-refractivity contribution in [3.8, 4) is 5.75 Å². The Morgan fingerprint density at radius 2 is 2.05 bits per heavy atom. The normalized spacial score (nSPS) is 20.4. The third-order valence-electron chi connectivity index (χ3n) is 3.19. The van der Waals surface area contributed by atoms with Crippen molar-refractivity contribution in [3.05, 3.63) is 36.0 Å². The van der Waals surface area contributed by atoms with Crippen LogP contribution in [0.15, 0.2) is 36.0 Å². The molecule has 1 aromatic carbocycles. The van der Waals surface area contributed by atoms with Crippen molar-refractivity contribution in [2.75, 3.05) is 38.2 Å². The van der Waals surface area contributed by atoms with Gasteiger partial charge in [0.15, 0.2) is 0 Å². The van der Waals surface area contributed by atoms with E-state index in [4.69, 9.17) is 9.47 Å². The predicted molar refractivity (Wildman–Crippen MR) is 71.0 cm³/mol. The van der Waals surface area contributed by atoms with Crippen molar-refractivity contribution in [3.63, 3.8) is 0 Å². The first-order valence-electron chi connectivity index (χ1n) is 6.39. The van der Waals surface area contributed by atoms with Crippen molar-refractivity contribution in [2.24, 2.45) is 0 Å². The van der Waals surface area contributed by atoms with Gasteiger partial charge in [-0.05, 0) is 12.1 Å². The Kier molecular flexibility index (Phi) is 3.37. The van der Waals surface area contributed by atoms with Crippen LogP contribution in [0.3, 0.4) is 0 Å². The summed E-state index contributed by atoms with van der Waals surface area (Å²) < 4.78 is 10.8. The van der Waals surface area contributed by atoms with Gasteiger partial charge in [-0.15, -0.1) is 0 Å². The molecular formula is C14H16N2O3. The summed E-state index contributed by atoms with van der Waals surface area (Å²) in [5, 5.41) is 3.22. The van der Waals surface area contributed by atoms with Crippen LogP contribution in [0, 0.1) is 0 Å². The Labute approximate surface area is 111 Å². The Morgan fingerprint density at radius 1 is 1.26 bits per heavy atom. The van der Waals surface area contributed by atoms with Gasteiger partial charge >= 0.3 is 0 Å². The van der Waals surface area contributed by atoms with Gasteiger partial charge in [0.1, 0.15) is 12.4 Å². The molecule has 0 bridgehead atoms. The number of morpholine rings is 1. The van der Waals surface area contributed by atoms with Crippen LogP contribution in [-0.4, -0.2) is 43.7 Å². The number of anilines is 1. The second kappa shape index (κ2) is 5.32. The third-order valence-corrected chi connectivity index (χ3v) is 3.19. The average Bonchev–Trinajstić information content (AvgIpc) is 2.48. The van der Waals surface area contributed by atoms with Crippen LogP contribution in [0.1, 0.15) is 0 Å². The van der Waals surface area contributed by atoms with E-state index < -0.39 is 0 Å². The molecule has 2 aliphatic rings. The number of amides is 1. The van der Waals surface area contributed by atoms with Crippen LogP contribution in [0.5, 0.6) is 5.75 Å². The smallest absolute Gasteiger partial charge is 0.248 e. The number of ether oxygens (including phenoxy) is 2. The number of nitrogens with zero attached hydrogens (tertiary/aromatic N) is 1. The first-order chi connectivity index (χ1) is 9.33. The fourth-order valence-corrected chi connectivity index (χ4v) is 2.16. The van der Waals surface area contributed by atoms with E-state index in [0.29, 0.717) is 32.9 Å². The summed E-state index contributed by atoms with van der Waals surface area (Å²) in [6, 6.07) is 7.69. The van der Waals surface area contributed by atoms with Gasteiger partial charge < -0.3 is 19.7 Å². The lowest BCUT2D eigenvalue weighted by atomic mass is 10.2. The fraction of sp³-hybridized carbons (Fsp3) is 0.357. The second-order valence-corrected chi connectivity index (χ2v) is 4.52. The molecule has 0 aromatic heterocycles. The first kappa shape index (κ1) is 12.0. The Hall–Kier alpha value is -2.01. The molecule has 3 rings (SSSR count). The highest BCUT2D eigenvalue weighted by molar-refractivity contribution is 5.89. The van der Waals surface area contributed by atoms with Crippen LogP contribution in [-0.2, 0) is 9.53 Å². The van der Waals surface area contributed by atoms with Crippen molar-refractivity contribution in [1.82, 2.24) is 4.90 Å². The number of rotatable bonds is 1. The first-order valence-corrected chi connectivity index (χ1v) is 6.39. The zero-order chi connectivity index (χ0) is 13.1. The van der Waals surface area contributed by atoms with Crippen LogP contribution >= 0.6 is 0 Å². The average molecular weight is 260 g/mol. The summed E-state index contributed by atoms with van der Waals surface area (Å²) in [6.45, 7) is 2.93. The molecule has 1 fully saturated rings. The largest absolute Gasteiger partial charge is 0.485 e. The minimum absolute atomic E-state index is 0.00813. The van der Waals surface area contributed by atoms with Gasteiger partial charge in [-0.1, -0.05) is 12.1 Å². The summed E-state index contributed by atoms with van der Waals surface area (Å²) in [5.41, 5.74) is 1.69. The summed E-state index contributed by atoms with van der Waals surface area (Å²) in [6.07, 6.45) is 1.61. The maximum absolute atomic E-state index is 12.1. The van der Waals surface area contributed by atoms with E-state index in [1.165, 1.54) is 0 Å². The van der Waals surface area contributed by atoms with Gasteiger partial charge in [-0.3, -0.25) is 4.79 Å². The van der Waals surface area contributed by atoms with Crippen molar-refractivity contribution < 1.29 is 14.3 Å². The second-order valence-electron chi connectivity index (χ2n) is 4.52. The van der Waals surface area contributed by atoms with Crippen molar-refractivity contribution in [1.29, 1.82) is 0 Å². The number of fused-ring (bicyclic) bond motifs is 1. The highest BCUT2D eigenvalue weighted by Gasteiger charge is 2.18. The molecule has 5 heteroatoms. The van der Waals surface area contributed by atoms with Crippen molar-refractivity contribution in [2.45, 2.75) is 0 Å². The number of hydrogen-bond acceptors (Lipinski definition) is 4. The van der Waals surface area contributed by atoms with Crippen LogP contribution in [0.4, 0.5) is 5.69 Å². The lowest BCUT2D eigenvalue weighted by molar-refractivity contribution is -0.130. The summed E-state index contributed by atoms with van der Waals surface area (Å²) in [5.74, 6) is 0.826. The van der Waals surface area contributed by atoms with Gasteiger partial charge in [-0.25, -0.2) is 0 Å². The van der Waals surface area contributed by atoms with E-state index in [1.54, 1.807) is 11.0 Å². The van der Waals surface area contributed by atoms with Gasteiger partial charge in [0, 0.05) is 19.2 Å². The number of carbonyl (C=O) groups is 1. The molecule has 100 valence electrons. The molecule has 1 aromatic rings. The minimum Gasteiger partial charge on any atom is -0.485 e. The zero-order valence-corrected chi connectivity index (χ0v) is 10.6. The van der Waals surface area contributed by atoms with Gasteiger partial charge in [0.2, 0.25) is 5.91 Å². The summed E-state index contributed by atoms with van der Waals surface area (Å²) in [4.78, 5) is 13.9. The highest BCUT2D eigenvalue weighted by atomic mass is 16.5. The van der Waals surface area contributed by atoms with Crippen molar-refractivity contribution >= 4 is 11.6 Å². The molecule has 2 heterocycles. The minimum atomic E-state index is 0.00813. The molecule has 5 nitrogen and oxygen atoms in total. The Balaban J connectivity index is 1.70. The number of benzene rings is 1. The molecule has 2 aliphatic heterocycles. The number of nitrogens with one attached hydrogen (secondary N) is 1.